The van der Waals surface area contributed by atoms with E-state index in [-0.39, 0.29) is 24.3 Å². The van der Waals surface area contributed by atoms with Gasteiger partial charge in [-0.1, -0.05) is 12.1 Å². The summed E-state index contributed by atoms with van der Waals surface area (Å²) in [5.74, 6) is -1.24. The first-order chi connectivity index (χ1) is 13.0. The van der Waals surface area contributed by atoms with Crippen LogP contribution < -0.4 is 16.0 Å². The van der Waals surface area contributed by atoms with Gasteiger partial charge in [-0.05, 0) is 36.9 Å². The molecule has 8 heteroatoms. The Morgan fingerprint density at radius 2 is 2.04 bits per heavy atom. The number of carbonyl (C=O) groups is 4. The Morgan fingerprint density at radius 3 is 2.74 bits per heavy atom. The van der Waals surface area contributed by atoms with Crippen LogP contribution in [0.15, 0.2) is 18.2 Å². The summed E-state index contributed by atoms with van der Waals surface area (Å²) in [5, 5.41) is 9.13. The van der Waals surface area contributed by atoms with Crippen molar-refractivity contribution >= 4 is 23.6 Å². The van der Waals surface area contributed by atoms with Gasteiger partial charge in [0.05, 0.1) is 11.1 Å². The number of piperidine rings is 2. The van der Waals surface area contributed by atoms with Gasteiger partial charge in [-0.3, -0.25) is 29.4 Å². The zero-order chi connectivity index (χ0) is 18.8. The number of hydrogen-bond acceptors (Lipinski definition) is 6. The zero-order valence-electron chi connectivity index (χ0n) is 14.7. The summed E-state index contributed by atoms with van der Waals surface area (Å²) < 4.78 is 0. The van der Waals surface area contributed by atoms with Crippen LogP contribution in [-0.2, 0) is 16.1 Å². The second-order valence-electron chi connectivity index (χ2n) is 7.83. The first-order valence-corrected chi connectivity index (χ1v) is 9.29. The lowest BCUT2D eigenvalue weighted by molar-refractivity contribution is -0.136. The second kappa shape index (κ2) is 5.71. The third-order valence-corrected chi connectivity index (χ3v) is 6.25. The molecule has 2 saturated heterocycles. The molecular weight excluding hydrogens is 348 g/mol. The highest BCUT2D eigenvalue weighted by atomic mass is 16.2. The first kappa shape index (κ1) is 16.6. The van der Waals surface area contributed by atoms with Gasteiger partial charge in [0.15, 0.2) is 0 Å². The zero-order valence-corrected chi connectivity index (χ0v) is 14.7. The molecule has 3 N–H and O–H groups in total. The highest BCUT2D eigenvalue weighted by molar-refractivity contribution is 6.24. The fourth-order valence-corrected chi connectivity index (χ4v) is 4.62. The molecule has 0 spiro atoms. The van der Waals surface area contributed by atoms with E-state index in [0.29, 0.717) is 23.6 Å². The maximum absolute atomic E-state index is 13.0. The van der Waals surface area contributed by atoms with Crippen molar-refractivity contribution in [3.8, 4) is 0 Å². The topological polar surface area (TPSA) is 108 Å². The van der Waals surface area contributed by atoms with Gasteiger partial charge in [-0.25, -0.2) is 0 Å². The number of carbonyl (C=O) groups excluding carboxylic acids is 4. The van der Waals surface area contributed by atoms with Crippen molar-refractivity contribution in [3.05, 3.63) is 34.9 Å². The third kappa shape index (κ3) is 2.44. The third-order valence-electron chi connectivity index (χ3n) is 6.25. The minimum Gasteiger partial charge on any atom is -0.315 e. The lowest BCUT2D eigenvalue weighted by Gasteiger charge is -2.27. The number of hydrogen-bond donors (Lipinski definition) is 3. The average Bonchev–Trinajstić information content (AvgIpc) is 3.09. The Labute approximate surface area is 155 Å². The second-order valence-corrected chi connectivity index (χ2v) is 7.83. The molecule has 3 aliphatic heterocycles. The van der Waals surface area contributed by atoms with E-state index in [9.17, 15) is 19.2 Å². The molecule has 1 aromatic carbocycles. The molecule has 3 heterocycles. The predicted molar refractivity (Wildman–Crippen MR) is 93.7 cm³/mol. The van der Waals surface area contributed by atoms with Crippen LogP contribution in [-0.4, -0.2) is 53.2 Å². The highest BCUT2D eigenvalue weighted by Crippen LogP contribution is 2.46. The largest absolute Gasteiger partial charge is 0.315 e. The fraction of sp³-hybridized carbons (Fsp3) is 0.474. The molecule has 27 heavy (non-hydrogen) atoms. The van der Waals surface area contributed by atoms with Crippen LogP contribution in [0.25, 0.3) is 0 Å². The van der Waals surface area contributed by atoms with E-state index in [0.717, 1.165) is 30.0 Å². The number of amides is 4. The van der Waals surface area contributed by atoms with Crippen molar-refractivity contribution in [1.82, 2.24) is 20.9 Å². The number of rotatable bonds is 4. The van der Waals surface area contributed by atoms with Crippen LogP contribution in [0.4, 0.5) is 0 Å². The normalized spacial score (nSPS) is 31.8. The van der Waals surface area contributed by atoms with E-state index in [4.69, 9.17) is 0 Å². The molecule has 8 nitrogen and oxygen atoms in total. The highest BCUT2D eigenvalue weighted by Gasteiger charge is 2.56. The van der Waals surface area contributed by atoms with Crippen molar-refractivity contribution in [2.75, 3.05) is 13.1 Å². The van der Waals surface area contributed by atoms with Gasteiger partial charge in [0.1, 0.15) is 6.04 Å². The summed E-state index contributed by atoms with van der Waals surface area (Å²) in [6.45, 7) is 2.44. The van der Waals surface area contributed by atoms with Gasteiger partial charge < -0.3 is 10.6 Å². The fourth-order valence-electron chi connectivity index (χ4n) is 4.62. The van der Waals surface area contributed by atoms with Crippen LogP contribution in [0.1, 0.15) is 45.5 Å². The Balaban J connectivity index is 1.41. The number of nitrogens with one attached hydrogen (secondary N) is 3. The van der Waals surface area contributed by atoms with Gasteiger partial charge in [-0.15, -0.1) is 0 Å². The van der Waals surface area contributed by atoms with Crippen LogP contribution in [0.5, 0.6) is 0 Å². The number of benzene rings is 1. The number of nitrogens with zero attached hydrogens (tertiary/aromatic N) is 1. The molecular formula is C19H20N4O4. The maximum atomic E-state index is 13.0. The lowest BCUT2D eigenvalue weighted by atomic mass is 10.0. The van der Waals surface area contributed by atoms with E-state index in [1.54, 1.807) is 12.1 Å². The molecule has 140 valence electrons. The van der Waals surface area contributed by atoms with Crippen molar-refractivity contribution in [1.29, 1.82) is 0 Å². The molecule has 4 amide bonds. The summed E-state index contributed by atoms with van der Waals surface area (Å²) in [5.41, 5.74) is 1.59. The molecule has 1 aliphatic carbocycles. The molecule has 0 radical (unpaired) electrons. The van der Waals surface area contributed by atoms with Crippen LogP contribution in [0, 0.1) is 5.92 Å². The summed E-state index contributed by atoms with van der Waals surface area (Å²) in [6, 6.07) is 4.31. The molecule has 4 aliphatic rings. The Hall–Kier alpha value is -2.58. The van der Waals surface area contributed by atoms with E-state index < -0.39 is 23.8 Å². The molecule has 0 aromatic heterocycles. The molecule has 5 rings (SSSR count). The predicted octanol–water partition coefficient (Wildman–Crippen LogP) is -0.461. The van der Waals surface area contributed by atoms with E-state index in [1.165, 1.54) is 0 Å². The average molecular weight is 368 g/mol. The van der Waals surface area contributed by atoms with E-state index in [1.807, 2.05) is 6.07 Å². The van der Waals surface area contributed by atoms with E-state index in [2.05, 4.69) is 16.0 Å². The minimum absolute atomic E-state index is 0.109. The van der Waals surface area contributed by atoms with Crippen LogP contribution >= 0.6 is 0 Å². The smallest absolute Gasteiger partial charge is 0.262 e. The quantitative estimate of drug-likeness (QED) is 0.621. The molecule has 1 saturated carbocycles. The minimum atomic E-state index is -0.929. The van der Waals surface area contributed by atoms with Crippen molar-refractivity contribution in [3.63, 3.8) is 0 Å². The standard InChI is InChI=1S/C19H20N4O4/c24-14-5-4-13(16(25)22-14)23-17(26)12-3-1-2-10(15(12)18(23)27)7-21-19-6-11(19)8-20-9-19/h1-3,11,13,20-21H,4-9H2,(H,22,24,25)/t11-,13?,19-/m0/s1. The summed E-state index contributed by atoms with van der Waals surface area (Å²) in [7, 11) is 0. The SMILES string of the molecule is O=C1CCC(N2C(=O)c3cccc(CN[C@@]45CNC[C@@H]4C5)c3C2=O)C(=O)N1. The van der Waals surface area contributed by atoms with Crippen molar-refractivity contribution < 1.29 is 19.2 Å². The van der Waals surface area contributed by atoms with Gasteiger partial charge in [0.2, 0.25) is 11.8 Å². The first-order valence-electron chi connectivity index (χ1n) is 9.29. The van der Waals surface area contributed by atoms with Crippen LogP contribution in [0.2, 0.25) is 0 Å². The summed E-state index contributed by atoms with van der Waals surface area (Å²) >= 11 is 0. The number of imide groups is 2. The van der Waals surface area contributed by atoms with Crippen molar-refractivity contribution in [2.45, 2.75) is 37.4 Å². The molecule has 3 atom stereocenters. The number of fused-ring (bicyclic) bond motifs is 2. The Morgan fingerprint density at radius 1 is 1.19 bits per heavy atom. The van der Waals surface area contributed by atoms with Crippen LogP contribution in [0.3, 0.4) is 0 Å². The molecule has 1 aromatic rings. The Kier molecular flexibility index (Phi) is 3.50. The molecule has 0 bridgehead atoms. The monoisotopic (exact) mass is 368 g/mol. The summed E-state index contributed by atoms with van der Waals surface area (Å²) in [6.07, 6.45) is 1.42. The van der Waals surface area contributed by atoms with Gasteiger partial charge in [-0.2, -0.15) is 0 Å². The lowest BCUT2D eigenvalue weighted by Crippen LogP contribution is -2.54. The maximum Gasteiger partial charge on any atom is 0.262 e. The van der Waals surface area contributed by atoms with Gasteiger partial charge in [0, 0.05) is 25.0 Å². The summed E-state index contributed by atoms with van der Waals surface area (Å²) in [4.78, 5) is 50.4. The van der Waals surface area contributed by atoms with Gasteiger partial charge in [0.25, 0.3) is 11.8 Å². The van der Waals surface area contributed by atoms with E-state index >= 15 is 0 Å². The van der Waals surface area contributed by atoms with Crippen molar-refractivity contribution in [2.24, 2.45) is 5.92 Å². The van der Waals surface area contributed by atoms with Gasteiger partial charge >= 0.3 is 0 Å². The molecule has 1 unspecified atom stereocenters. The molecule has 3 fully saturated rings. The Bertz CT molecular complexity index is 898.